The van der Waals surface area contributed by atoms with Crippen molar-refractivity contribution < 1.29 is 12.8 Å². The molecule has 0 saturated carbocycles. The minimum Gasteiger partial charge on any atom is -0.207 e. The van der Waals surface area contributed by atoms with Gasteiger partial charge in [-0.05, 0) is 37.6 Å². The summed E-state index contributed by atoms with van der Waals surface area (Å²) < 4.78 is 41.8. The highest BCUT2D eigenvalue weighted by molar-refractivity contribution is 9.10. The number of aryl methyl sites for hydroxylation is 1. The molecule has 2 aromatic rings. The van der Waals surface area contributed by atoms with Gasteiger partial charge < -0.3 is 0 Å². The molecule has 0 aliphatic carbocycles. The van der Waals surface area contributed by atoms with Gasteiger partial charge in [-0.2, -0.15) is 0 Å². The number of benzene rings is 2. The summed E-state index contributed by atoms with van der Waals surface area (Å²) in [5, 5.41) is 0. The normalized spacial score (nSPS) is 13.1. The second kappa shape index (κ2) is 6.25. The average molecular weight is 372 g/mol. The molecule has 0 fully saturated rings. The quantitative estimate of drug-likeness (QED) is 0.884. The summed E-state index contributed by atoms with van der Waals surface area (Å²) in [4.78, 5) is 0.181. The van der Waals surface area contributed by atoms with E-state index in [0.717, 1.165) is 0 Å². The molecule has 2 rings (SSSR count). The lowest BCUT2D eigenvalue weighted by Gasteiger charge is -2.16. The maximum Gasteiger partial charge on any atom is 0.241 e. The number of hydrogen-bond donors (Lipinski definition) is 1. The van der Waals surface area contributed by atoms with Crippen LogP contribution in [0.15, 0.2) is 51.8 Å². The summed E-state index contributed by atoms with van der Waals surface area (Å²) in [6.07, 6.45) is 0. The second-order valence-corrected chi connectivity index (χ2v) is 7.37. The van der Waals surface area contributed by atoms with Gasteiger partial charge in [0.25, 0.3) is 0 Å². The molecule has 0 heterocycles. The highest BCUT2D eigenvalue weighted by Gasteiger charge is 2.22. The number of halogens is 2. The van der Waals surface area contributed by atoms with Crippen molar-refractivity contribution in [3.63, 3.8) is 0 Å². The zero-order valence-electron chi connectivity index (χ0n) is 11.6. The van der Waals surface area contributed by atoms with Crippen molar-refractivity contribution in [2.75, 3.05) is 0 Å². The van der Waals surface area contributed by atoms with E-state index in [1.807, 2.05) is 0 Å². The molecule has 2 aromatic carbocycles. The summed E-state index contributed by atoms with van der Waals surface area (Å²) in [5.41, 5.74) is 0.945. The van der Waals surface area contributed by atoms with Gasteiger partial charge in [0.1, 0.15) is 5.82 Å². The Morgan fingerprint density at radius 1 is 1.19 bits per heavy atom. The molecule has 112 valence electrons. The first-order chi connectivity index (χ1) is 9.81. The molecular weight excluding hydrogens is 357 g/mol. The van der Waals surface area contributed by atoms with Crippen molar-refractivity contribution in [3.8, 4) is 0 Å². The molecule has 0 bridgehead atoms. The van der Waals surface area contributed by atoms with Gasteiger partial charge in [-0.3, -0.25) is 0 Å². The van der Waals surface area contributed by atoms with Gasteiger partial charge in [-0.15, -0.1) is 0 Å². The van der Waals surface area contributed by atoms with Crippen LogP contribution in [0.5, 0.6) is 0 Å². The van der Waals surface area contributed by atoms with Crippen LogP contribution in [0, 0.1) is 12.7 Å². The first kappa shape index (κ1) is 16.1. The van der Waals surface area contributed by atoms with E-state index in [1.165, 1.54) is 12.1 Å². The maximum atomic E-state index is 13.7. The largest absolute Gasteiger partial charge is 0.241 e. The van der Waals surface area contributed by atoms with E-state index < -0.39 is 21.9 Å². The van der Waals surface area contributed by atoms with Gasteiger partial charge >= 0.3 is 0 Å². The molecule has 1 N–H and O–H groups in total. The van der Waals surface area contributed by atoms with Gasteiger partial charge in [0.15, 0.2) is 0 Å². The third-order valence-corrected chi connectivity index (χ3v) is 5.32. The topological polar surface area (TPSA) is 46.2 Å². The summed E-state index contributed by atoms with van der Waals surface area (Å²) in [5.74, 6) is -0.432. The van der Waals surface area contributed by atoms with Crippen LogP contribution in [0.2, 0.25) is 0 Å². The van der Waals surface area contributed by atoms with Crippen molar-refractivity contribution in [3.05, 3.63) is 63.9 Å². The maximum absolute atomic E-state index is 13.7. The van der Waals surface area contributed by atoms with Crippen molar-refractivity contribution in [2.24, 2.45) is 0 Å². The lowest BCUT2D eigenvalue weighted by Crippen LogP contribution is -2.28. The minimum atomic E-state index is -3.72. The second-order valence-electron chi connectivity index (χ2n) is 4.77. The van der Waals surface area contributed by atoms with Gasteiger partial charge in [-0.25, -0.2) is 17.5 Å². The van der Waals surface area contributed by atoms with Gasteiger partial charge in [0.2, 0.25) is 10.0 Å². The molecule has 0 saturated heterocycles. The van der Waals surface area contributed by atoms with Crippen LogP contribution >= 0.6 is 15.9 Å². The Morgan fingerprint density at radius 2 is 1.86 bits per heavy atom. The zero-order chi connectivity index (χ0) is 15.6. The van der Waals surface area contributed by atoms with Crippen LogP contribution in [0.1, 0.15) is 24.1 Å². The van der Waals surface area contributed by atoms with Crippen LogP contribution < -0.4 is 4.72 Å². The fourth-order valence-corrected chi connectivity index (χ4v) is 4.06. The Hall–Kier alpha value is -1.24. The summed E-state index contributed by atoms with van der Waals surface area (Å²) >= 11 is 3.26. The van der Waals surface area contributed by atoms with E-state index in [-0.39, 0.29) is 4.90 Å². The number of nitrogens with one attached hydrogen (secondary N) is 1. The molecule has 0 spiro atoms. The van der Waals surface area contributed by atoms with E-state index in [1.54, 1.807) is 44.2 Å². The SMILES string of the molecule is Cc1ccc(Br)cc1S(=O)(=O)NC(C)c1ccccc1F. The Labute approximate surface area is 132 Å². The van der Waals surface area contributed by atoms with E-state index >= 15 is 0 Å². The highest BCUT2D eigenvalue weighted by atomic mass is 79.9. The van der Waals surface area contributed by atoms with Crippen LogP contribution in [0.4, 0.5) is 4.39 Å². The average Bonchev–Trinajstić information content (AvgIpc) is 2.41. The Morgan fingerprint density at radius 3 is 2.52 bits per heavy atom. The zero-order valence-corrected chi connectivity index (χ0v) is 14.0. The summed E-state index contributed by atoms with van der Waals surface area (Å²) in [6, 6.07) is 10.5. The fraction of sp³-hybridized carbons (Fsp3) is 0.200. The Balaban J connectivity index is 2.34. The van der Waals surface area contributed by atoms with Gasteiger partial charge in [-0.1, -0.05) is 40.2 Å². The van der Waals surface area contributed by atoms with E-state index in [9.17, 15) is 12.8 Å². The van der Waals surface area contributed by atoms with Crippen molar-refractivity contribution in [2.45, 2.75) is 24.8 Å². The van der Waals surface area contributed by atoms with Crippen molar-refractivity contribution in [1.82, 2.24) is 4.72 Å². The van der Waals surface area contributed by atoms with Crippen molar-refractivity contribution >= 4 is 26.0 Å². The van der Waals surface area contributed by atoms with E-state index in [4.69, 9.17) is 0 Å². The van der Waals surface area contributed by atoms with E-state index in [0.29, 0.717) is 15.6 Å². The smallest absolute Gasteiger partial charge is 0.207 e. The molecule has 0 aromatic heterocycles. The third kappa shape index (κ3) is 3.70. The fourth-order valence-electron chi connectivity index (χ4n) is 2.05. The molecule has 0 radical (unpaired) electrons. The molecule has 21 heavy (non-hydrogen) atoms. The predicted octanol–water partition coefficient (Wildman–Crippen LogP) is 3.94. The minimum absolute atomic E-state index is 0.181. The molecule has 1 unspecified atom stereocenters. The molecule has 0 aliphatic heterocycles. The van der Waals surface area contributed by atoms with Gasteiger partial charge in [0, 0.05) is 16.1 Å². The predicted molar refractivity (Wildman–Crippen MR) is 84.0 cm³/mol. The number of hydrogen-bond acceptors (Lipinski definition) is 2. The monoisotopic (exact) mass is 371 g/mol. The Bertz CT molecular complexity index is 762. The molecular formula is C15H15BrFNO2S. The lowest BCUT2D eigenvalue weighted by atomic mass is 10.1. The number of rotatable bonds is 4. The number of sulfonamides is 1. The Kier molecular flexibility index (Phi) is 4.81. The highest BCUT2D eigenvalue weighted by Crippen LogP contribution is 2.23. The molecule has 3 nitrogen and oxygen atoms in total. The van der Waals surface area contributed by atoms with Crippen LogP contribution in [-0.4, -0.2) is 8.42 Å². The molecule has 1 atom stereocenters. The lowest BCUT2D eigenvalue weighted by molar-refractivity contribution is 0.549. The first-order valence-electron chi connectivity index (χ1n) is 6.34. The van der Waals surface area contributed by atoms with Crippen LogP contribution in [0.3, 0.4) is 0 Å². The third-order valence-electron chi connectivity index (χ3n) is 3.14. The van der Waals surface area contributed by atoms with Crippen molar-refractivity contribution in [1.29, 1.82) is 0 Å². The summed E-state index contributed by atoms with van der Waals surface area (Å²) in [6.45, 7) is 3.33. The first-order valence-corrected chi connectivity index (χ1v) is 8.62. The molecule has 0 aliphatic rings. The molecule has 6 heteroatoms. The summed E-state index contributed by atoms with van der Waals surface area (Å²) in [7, 11) is -3.72. The van der Waals surface area contributed by atoms with Crippen LogP contribution in [-0.2, 0) is 10.0 Å². The van der Waals surface area contributed by atoms with Crippen LogP contribution in [0.25, 0.3) is 0 Å². The van der Waals surface area contributed by atoms with Gasteiger partial charge in [0.05, 0.1) is 4.90 Å². The molecule has 0 amide bonds. The van der Waals surface area contributed by atoms with E-state index in [2.05, 4.69) is 20.7 Å². The standard InChI is InChI=1S/C15H15BrFNO2S/c1-10-7-8-12(16)9-15(10)21(19,20)18-11(2)13-5-3-4-6-14(13)17/h3-9,11,18H,1-2H3.